The first kappa shape index (κ1) is 16.3. The standard InChI is InChI=1S/C17H15N3O5/c1-24-13-8-11(7-12(21)16(13)25-2)15-14(18-20-19-15)9-3-5-10(6-4-9)17(22)23/h3-8,21H,1-2H3,(H,22,23)(H,18,19,20). The van der Waals surface area contributed by atoms with Gasteiger partial charge in [0.15, 0.2) is 11.5 Å². The zero-order chi connectivity index (χ0) is 18.0. The number of aromatic hydroxyl groups is 1. The second kappa shape index (κ2) is 6.52. The number of aromatic nitrogens is 3. The van der Waals surface area contributed by atoms with Gasteiger partial charge < -0.3 is 19.7 Å². The van der Waals surface area contributed by atoms with Crippen molar-refractivity contribution in [2.24, 2.45) is 0 Å². The molecule has 0 aliphatic rings. The van der Waals surface area contributed by atoms with Crippen molar-refractivity contribution in [2.75, 3.05) is 14.2 Å². The molecule has 0 radical (unpaired) electrons. The van der Waals surface area contributed by atoms with Crippen molar-refractivity contribution in [3.05, 3.63) is 42.0 Å². The van der Waals surface area contributed by atoms with Crippen LogP contribution in [0.25, 0.3) is 22.5 Å². The van der Waals surface area contributed by atoms with E-state index < -0.39 is 5.97 Å². The van der Waals surface area contributed by atoms with E-state index in [-0.39, 0.29) is 17.1 Å². The molecule has 3 N–H and O–H groups in total. The van der Waals surface area contributed by atoms with Crippen LogP contribution in [0.1, 0.15) is 10.4 Å². The maximum absolute atomic E-state index is 11.0. The maximum atomic E-state index is 11.0. The van der Waals surface area contributed by atoms with Gasteiger partial charge in [-0.2, -0.15) is 0 Å². The molecule has 2 aromatic carbocycles. The Hall–Kier alpha value is -3.55. The van der Waals surface area contributed by atoms with E-state index in [1.807, 2.05) is 0 Å². The third kappa shape index (κ3) is 2.97. The quantitative estimate of drug-likeness (QED) is 0.652. The molecule has 0 bridgehead atoms. The van der Waals surface area contributed by atoms with Crippen LogP contribution >= 0.6 is 0 Å². The van der Waals surface area contributed by atoms with E-state index in [1.54, 1.807) is 18.2 Å². The van der Waals surface area contributed by atoms with Gasteiger partial charge in [-0.1, -0.05) is 17.3 Å². The van der Waals surface area contributed by atoms with Crippen molar-refractivity contribution >= 4 is 5.97 Å². The number of ether oxygens (including phenoxy) is 2. The second-order valence-corrected chi connectivity index (χ2v) is 5.15. The number of aromatic amines is 1. The first-order chi connectivity index (χ1) is 12.0. The fourth-order valence-corrected chi connectivity index (χ4v) is 2.49. The van der Waals surface area contributed by atoms with Gasteiger partial charge in [-0.25, -0.2) is 4.79 Å². The number of carboxylic acid groups (broad SMARTS) is 1. The van der Waals surface area contributed by atoms with Crippen molar-refractivity contribution in [1.29, 1.82) is 0 Å². The fraction of sp³-hybridized carbons (Fsp3) is 0.118. The normalized spacial score (nSPS) is 10.5. The summed E-state index contributed by atoms with van der Waals surface area (Å²) in [5.74, 6) is -0.513. The van der Waals surface area contributed by atoms with Gasteiger partial charge >= 0.3 is 5.97 Å². The highest BCUT2D eigenvalue weighted by Crippen LogP contribution is 2.41. The van der Waals surface area contributed by atoms with E-state index in [9.17, 15) is 9.90 Å². The van der Waals surface area contributed by atoms with E-state index in [2.05, 4.69) is 15.4 Å². The van der Waals surface area contributed by atoms with E-state index in [0.29, 0.717) is 28.3 Å². The Morgan fingerprint density at radius 1 is 1.08 bits per heavy atom. The molecule has 128 valence electrons. The average Bonchev–Trinajstić information content (AvgIpc) is 3.10. The van der Waals surface area contributed by atoms with Crippen molar-refractivity contribution in [3.8, 4) is 39.8 Å². The van der Waals surface area contributed by atoms with Crippen LogP contribution in [0.5, 0.6) is 17.2 Å². The molecule has 1 aromatic heterocycles. The summed E-state index contributed by atoms with van der Waals surface area (Å²) in [5.41, 5.74) is 2.53. The number of hydrogen-bond donors (Lipinski definition) is 3. The minimum absolute atomic E-state index is 0.0907. The van der Waals surface area contributed by atoms with Crippen LogP contribution < -0.4 is 9.47 Å². The highest BCUT2D eigenvalue weighted by Gasteiger charge is 2.18. The first-order valence-corrected chi connectivity index (χ1v) is 7.25. The minimum atomic E-state index is -1.00. The second-order valence-electron chi connectivity index (χ2n) is 5.15. The van der Waals surface area contributed by atoms with Crippen molar-refractivity contribution in [3.63, 3.8) is 0 Å². The van der Waals surface area contributed by atoms with Crippen LogP contribution in [0.15, 0.2) is 36.4 Å². The number of nitrogens with one attached hydrogen (secondary N) is 1. The summed E-state index contributed by atoms with van der Waals surface area (Å²) in [6.45, 7) is 0. The monoisotopic (exact) mass is 341 g/mol. The summed E-state index contributed by atoms with van der Waals surface area (Å²) >= 11 is 0. The number of methoxy groups -OCH3 is 2. The number of benzene rings is 2. The number of hydrogen-bond acceptors (Lipinski definition) is 6. The maximum Gasteiger partial charge on any atom is 0.335 e. The van der Waals surface area contributed by atoms with E-state index >= 15 is 0 Å². The van der Waals surface area contributed by atoms with Crippen LogP contribution in [-0.2, 0) is 0 Å². The van der Waals surface area contributed by atoms with Gasteiger partial charge in [0.2, 0.25) is 5.75 Å². The molecule has 3 aromatic rings. The molecule has 0 aliphatic heterocycles. The number of H-pyrrole nitrogens is 1. The Balaban J connectivity index is 2.08. The Morgan fingerprint density at radius 2 is 1.80 bits per heavy atom. The van der Waals surface area contributed by atoms with Crippen LogP contribution in [0.3, 0.4) is 0 Å². The molecule has 25 heavy (non-hydrogen) atoms. The molecule has 0 aliphatic carbocycles. The Morgan fingerprint density at radius 3 is 2.40 bits per heavy atom. The summed E-state index contributed by atoms with van der Waals surface area (Å²) in [7, 11) is 2.90. The predicted octanol–water partition coefficient (Wildman–Crippen LogP) is 2.56. The number of carbonyl (C=O) groups is 1. The number of phenols is 1. The van der Waals surface area contributed by atoms with Crippen LogP contribution in [0, 0.1) is 0 Å². The molecule has 3 rings (SSSR count). The summed E-state index contributed by atoms with van der Waals surface area (Å²) in [6.07, 6.45) is 0. The number of nitrogens with zero attached hydrogens (tertiary/aromatic N) is 2. The highest BCUT2D eigenvalue weighted by atomic mass is 16.5. The van der Waals surface area contributed by atoms with Crippen LogP contribution in [-0.4, -0.2) is 45.8 Å². The van der Waals surface area contributed by atoms with Crippen molar-refractivity contribution in [1.82, 2.24) is 15.4 Å². The lowest BCUT2D eigenvalue weighted by molar-refractivity contribution is 0.0697. The van der Waals surface area contributed by atoms with Crippen molar-refractivity contribution in [2.45, 2.75) is 0 Å². The molecular weight excluding hydrogens is 326 g/mol. The fourth-order valence-electron chi connectivity index (χ4n) is 2.49. The summed E-state index contributed by atoms with van der Waals surface area (Å²) in [4.78, 5) is 11.0. The Bertz CT molecular complexity index is 919. The molecule has 0 saturated carbocycles. The topological polar surface area (TPSA) is 118 Å². The lowest BCUT2D eigenvalue weighted by atomic mass is 10.0. The van der Waals surface area contributed by atoms with E-state index in [4.69, 9.17) is 14.6 Å². The van der Waals surface area contributed by atoms with Gasteiger partial charge in [0.1, 0.15) is 5.69 Å². The number of carboxylic acids is 1. The van der Waals surface area contributed by atoms with Crippen LogP contribution in [0.4, 0.5) is 0 Å². The van der Waals surface area contributed by atoms with Gasteiger partial charge in [-0.3, -0.25) is 5.10 Å². The molecular formula is C17H15N3O5. The zero-order valence-electron chi connectivity index (χ0n) is 13.5. The number of aromatic carboxylic acids is 1. The molecule has 0 fully saturated rings. The molecule has 0 amide bonds. The molecule has 1 heterocycles. The molecule has 0 spiro atoms. The molecule has 8 nitrogen and oxygen atoms in total. The summed E-state index contributed by atoms with van der Waals surface area (Å²) in [5, 5.41) is 29.8. The number of phenolic OH excluding ortho intramolecular Hbond substituents is 1. The summed E-state index contributed by atoms with van der Waals surface area (Å²) in [6, 6.07) is 9.47. The Kier molecular flexibility index (Phi) is 4.25. The zero-order valence-corrected chi connectivity index (χ0v) is 13.5. The van der Waals surface area contributed by atoms with Crippen molar-refractivity contribution < 1.29 is 24.5 Å². The first-order valence-electron chi connectivity index (χ1n) is 7.25. The van der Waals surface area contributed by atoms with Gasteiger partial charge in [0.05, 0.1) is 25.5 Å². The third-order valence-corrected chi connectivity index (χ3v) is 3.70. The molecule has 0 unspecified atom stereocenters. The minimum Gasteiger partial charge on any atom is -0.504 e. The molecule has 0 saturated heterocycles. The smallest absolute Gasteiger partial charge is 0.335 e. The lowest BCUT2D eigenvalue weighted by Gasteiger charge is -2.11. The highest BCUT2D eigenvalue weighted by molar-refractivity contribution is 5.89. The predicted molar refractivity (Wildman–Crippen MR) is 89.0 cm³/mol. The molecule has 8 heteroatoms. The third-order valence-electron chi connectivity index (χ3n) is 3.70. The van der Waals surface area contributed by atoms with Crippen LogP contribution in [0.2, 0.25) is 0 Å². The van der Waals surface area contributed by atoms with Gasteiger partial charge in [0, 0.05) is 11.1 Å². The molecule has 0 atom stereocenters. The van der Waals surface area contributed by atoms with Gasteiger partial charge in [-0.05, 0) is 24.3 Å². The van der Waals surface area contributed by atoms with Gasteiger partial charge in [0.25, 0.3) is 0 Å². The number of rotatable bonds is 5. The summed E-state index contributed by atoms with van der Waals surface area (Å²) < 4.78 is 10.4. The SMILES string of the molecule is COc1cc(-c2nn[nH]c2-c2ccc(C(=O)O)cc2)cc(O)c1OC. The largest absolute Gasteiger partial charge is 0.504 e. The van der Waals surface area contributed by atoms with E-state index in [1.165, 1.54) is 32.4 Å². The lowest BCUT2D eigenvalue weighted by Crippen LogP contribution is -1.95. The average molecular weight is 341 g/mol. The van der Waals surface area contributed by atoms with E-state index in [0.717, 1.165) is 0 Å². The van der Waals surface area contributed by atoms with Gasteiger partial charge in [-0.15, -0.1) is 5.10 Å². The Labute approximate surface area is 142 Å².